The summed E-state index contributed by atoms with van der Waals surface area (Å²) in [5.41, 5.74) is 2.62. The topological polar surface area (TPSA) is 82.3 Å². The number of amides is 1. The number of anilines is 1. The van der Waals surface area contributed by atoms with Gasteiger partial charge in [-0.3, -0.25) is 4.79 Å². The highest BCUT2D eigenvalue weighted by Crippen LogP contribution is 2.14. The quantitative estimate of drug-likeness (QED) is 0.822. The smallest absolute Gasteiger partial charge is 0.228 e. The second-order valence-electron chi connectivity index (χ2n) is 4.99. The first kappa shape index (κ1) is 16.5. The molecule has 0 aliphatic rings. The van der Waals surface area contributed by atoms with Crippen molar-refractivity contribution in [1.82, 2.24) is 0 Å². The first-order valence-corrected chi connectivity index (χ1v) is 7.29. The predicted molar refractivity (Wildman–Crippen MR) is 87.1 cm³/mol. The summed E-state index contributed by atoms with van der Waals surface area (Å²) >= 11 is 0. The van der Waals surface area contributed by atoms with E-state index in [2.05, 4.69) is 5.32 Å². The Labute approximate surface area is 135 Å². The van der Waals surface area contributed by atoms with E-state index in [4.69, 9.17) is 15.1 Å². The number of nitriles is 1. The normalized spacial score (nSPS) is 9.91. The summed E-state index contributed by atoms with van der Waals surface area (Å²) in [7, 11) is 0. The lowest BCUT2D eigenvalue weighted by molar-refractivity contribution is -0.115. The number of aliphatic hydroxyl groups is 1. The number of rotatable bonds is 7. The Morgan fingerprint density at radius 3 is 2.35 bits per heavy atom. The Hall–Kier alpha value is -2.84. The molecule has 2 rings (SSSR count). The first-order valence-electron chi connectivity index (χ1n) is 7.29. The summed E-state index contributed by atoms with van der Waals surface area (Å²) in [6.07, 6.45) is 0.866. The van der Waals surface area contributed by atoms with Crippen LogP contribution in [0.1, 0.15) is 11.1 Å². The third kappa shape index (κ3) is 5.46. The summed E-state index contributed by atoms with van der Waals surface area (Å²) < 4.78 is 5.16. The van der Waals surface area contributed by atoms with Crippen molar-refractivity contribution in [2.45, 2.75) is 12.8 Å². The Balaban J connectivity index is 1.87. The number of nitrogens with one attached hydrogen (secondary N) is 1. The first-order chi connectivity index (χ1) is 11.2. The molecule has 118 valence electrons. The molecular formula is C18H18N2O3. The maximum Gasteiger partial charge on any atom is 0.228 e. The van der Waals surface area contributed by atoms with Crippen LogP contribution in [0.5, 0.6) is 5.75 Å². The van der Waals surface area contributed by atoms with Crippen molar-refractivity contribution >= 4 is 11.6 Å². The van der Waals surface area contributed by atoms with Crippen LogP contribution >= 0.6 is 0 Å². The molecule has 0 atom stereocenters. The fraction of sp³-hybridized carbons (Fsp3) is 0.222. The van der Waals surface area contributed by atoms with Gasteiger partial charge in [0.2, 0.25) is 5.91 Å². The van der Waals surface area contributed by atoms with E-state index in [0.29, 0.717) is 12.2 Å². The van der Waals surface area contributed by atoms with Gasteiger partial charge in [0.15, 0.2) is 6.61 Å². The van der Waals surface area contributed by atoms with Gasteiger partial charge in [-0.15, -0.1) is 0 Å². The molecule has 23 heavy (non-hydrogen) atoms. The van der Waals surface area contributed by atoms with Gasteiger partial charge in [0.05, 0.1) is 6.42 Å². The molecule has 2 aromatic rings. The van der Waals surface area contributed by atoms with Crippen molar-refractivity contribution in [3.8, 4) is 11.8 Å². The molecule has 2 N–H and O–H groups in total. The molecular weight excluding hydrogens is 292 g/mol. The van der Waals surface area contributed by atoms with E-state index in [0.717, 1.165) is 16.8 Å². The Kier molecular flexibility index (Phi) is 6.16. The molecule has 5 nitrogen and oxygen atoms in total. The number of benzene rings is 2. The van der Waals surface area contributed by atoms with Gasteiger partial charge in [0.25, 0.3) is 0 Å². The monoisotopic (exact) mass is 310 g/mol. The summed E-state index contributed by atoms with van der Waals surface area (Å²) in [5, 5.41) is 20.2. The Bertz CT molecular complexity index is 673. The molecule has 1 amide bonds. The Morgan fingerprint density at radius 1 is 1.09 bits per heavy atom. The van der Waals surface area contributed by atoms with Gasteiger partial charge in [0.1, 0.15) is 11.8 Å². The van der Waals surface area contributed by atoms with Crippen molar-refractivity contribution in [3.05, 3.63) is 59.7 Å². The van der Waals surface area contributed by atoms with Gasteiger partial charge in [-0.05, 0) is 41.8 Å². The lowest BCUT2D eigenvalue weighted by atomic mass is 10.1. The van der Waals surface area contributed by atoms with Crippen LogP contribution < -0.4 is 10.1 Å². The van der Waals surface area contributed by atoms with Gasteiger partial charge in [-0.1, -0.05) is 24.3 Å². The number of hydrogen-bond donors (Lipinski definition) is 2. The largest absolute Gasteiger partial charge is 0.479 e. The summed E-state index contributed by atoms with van der Waals surface area (Å²) in [5.74, 6) is 0.501. The van der Waals surface area contributed by atoms with Crippen LogP contribution in [0.2, 0.25) is 0 Å². The van der Waals surface area contributed by atoms with Crippen molar-refractivity contribution in [1.29, 1.82) is 5.26 Å². The molecule has 0 bridgehead atoms. The van der Waals surface area contributed by atoms with Crippen LogP contribution in [0.4, 0.5) is 5.69 Å². The molecule has 0 aliphatic heterocycles. The van der Waals surface area contributed by atoms with Crippen LogP contribution in [0.3, 0.4) is 0 Å². The van der Waals surface area contributed by atoms with E-state index in [-0.39, 0.29) is 25.5 Å². The van der Waals surface area contributed by atoms with E-state index in [9.17, 15) is 4.79 Å². The highest BCUT2D eigenvalue weighted by atomic mass is 16.5. The molecule has 0 saturated carbocycles. The maximum atomic E-state index is 12.0. The average molecular weight is 310 g/mol. The Morgan fingerprint density at radius 2 is 1.74 bits per heavy atom. The van der Waals surface area contributed by atoms with Crippen LogP contribution in [0.15, 0.2) is 48.5 Å². The van der Waals surface area contributed by atoms with Crippen LogP contribution in [0.25, 0.3) is 0 Å². The zero-order chi connectivity index (χ0) is 16.5. The third-order valence-corrected chi connectivity index (χ3v) is 3.23. The lowest BCUT2D eigenvalue weighted by Crippen LogP contribution is -2.14. The SMILES string of the molecule is N#CCOc1ccc(CC(=O)Nc2ccc(CCO)cc2)cc1. The molecule has 0 fully saturated rings. The van der Waals surface area contributed by atoms with Crippen molar-refractivity contribution < 1.29 is 14.6 Å². The number of hydrogen-bond acceptors (Lipinski definition) is 4. The van der Waals surface area contributed by atoms with E-state index >= 15 is 0 Å². The number of nitrogens with zero attached hydrogens (tertiary/aromatic N) is 1. The second-order valence-corrected chi connectivity index (χ2v) is 4.99. The van der Waals surface area contributed by atoms with Crippen molar-refractivity contribution in [3.63, 3.8) is 0 Å². The number of ether oxygens (including phenoxy) is 1. The summed E-state index contributed by atoms with van der Waals surface area (Å²) in [4.78, 5) is 12.0. The lowest BCUT2D eigenvalue weighted by Gasteiger charge is -2.07. The van der Waals surface area contributed by atoms with Gasteiger partial charge >= 0.3 is 0 Å². The summed E-state index contributed by atoms with van der Waals surface area (Å²) in [6, 6.07) is 16.4. The predicted octanol–water partition coefficient (Wildman–Crippen LogP) is 2.30. The zero-order valence-corrected chi connectivity index (χ0v) is 12.7. The molecule has 0 spiro atoms. The van der Waals surface area contributed by atoms with Crippen LogP contribution in [0, 0.1) is 11.3 Å². The van der Waals surface area contributed by atoms with Gasteiger partial charge < -0.3 is 15.2 Å². The molecule has 0 unspecified atom stereocenters. The number of carbonyl (C=O) groups excluding carboxylic acids is 1. The van der Waals surface area contributed by atoms with E-state index in [1.807, 2.05) is 30.3 Å². The minimum absolute atomic E-state index is 0.00606. The van der Waals surface area contributed by atoms with Gasteiger partial charge in [-0.2, -0.15) is 5.26 Å². The van der Waals surface area contributed by atoms with Crippen molar-refractivity contribution in [2.75, 3.05) is 18.5 Å². The number of aliphatic hydroxyl groups excluding tert-OH is 1. The fourth-order valence-electron chi connectivity index (χ4n) is 2.09. The molecule has 0 aliphatic carbocycles. The zero-order valence-electron chi connectivity index (χ0n) is 12.7. The minimum atomic E-state index is -0.106. The third-order valence-electron chi connectivity index (χ3n) is 3.23. The minimum Gasteiger partial charge on any atom is -0.479 e. The highest BCUT2D eigenvalue weighted by Gasteiger charge is 2.05. The molecule has 0 saturated heterocycles. The van der Waals surface area contributed by atoms with Gasteiger partial charge in [-0.25, -0.2) is 0 Å². The molecule has 0 aromatic heterocycles. The molecule has 0 heterocycles. The molecule has 5 heteroatoms. The maximum absolute atomic E-state index is 12.0. The van der Waals surface area contributed by atoms with E-state index in [1.165, 1.54) is 0 Å². The summed E-state index contributed by atoms with van der Waals surface area (Å²) in [6.45, 7) is 0.117. The van der Waals surface area contributed by atoms with Crippen LogP contribution in [-0.4, -0.2) is 24.2 Å². The van der Waals surface area contributed by atoms with E-state index < -0.39 is 0 Å². The standard InChI is InChI=1S/C18H18N2O3/c19-10-12-23-17-7-3-15(4-8-17)13-18(22)20-16-5-1-14(2-6-16)9-11-21/h1-8,21H,9,11-13H2,(H,20,22). The van der Waals surface area contributed by atoms with Crippen molar-refractivity contribution in [2.24, 2.45) is 0 Å². The average Bonchev–Trinajstić information content (AvgIpc) is 2.56. The molecule has 0 radical (unpaired) electrons. The van der Waals surface area contributed by atoms with Crippen LogP contribution in [-0.2, 0) is 17.6 Å². The number of carbonyl (C=O) groups is 1. The second kappa shape index (κ2) is 8.57. The van der Waals surface area contributed by atoms with Gasteiger partial charge in [0, 0.05) is 12.3 Å². The molecule has 2 aromatic carbocycles. The fourth-order valence-corrected chi connectivity index (χ4v) is 2.09. The highest BCUT2D eigenvalue weighted by molar-refractivity contribution is 5.92. The van der Waals surface area contributed by atoms with E-state index in [1.54, 1.807) is 24.3 Å².